The number of anilines is 2. The molecule has 0 aromatic carbocycles. The molecule has 0 spiro atoms. The van der Waals surface area contributed by atoms with Crippen LogP contribution in [0.3, 0.4) is 0 Å². The first-order valence-corrected chi connectivity index (χ1v) is 5.48. The van der Waals surface area contributed by atoms with E-state index >= 15 is 0 Å². The van der Waals surface area contributed by atoms with E-state index in [-0.39, 0.29) is 5.91 Å². The highest BCUT2D eigenvalue weighted by molar-refractivity contribution is 6.32. The van der Waals surface area contributed by atoms with Gasteiger partial charge in [0.05, 0.1) is 11.6 Å². The summed E-state index contributed by atoms with van der Waals surface area (Å²) in [5.41, 5.74) is 4.60. The topological polar surface area (TPSA) is 92.9 Å². The summed E-state index contributed by atoms with van der Waals surface area (Å²) in [6.45, 7) is 3.84. The van der Waals surface area contributed by atoms with Crippen LogP contribution in [0.4, 0.5) is 11.8 Å². The van der Waals surface area contributed by atoms with E-state index in [2.05, 4.69) is 20.6 Å². The van der Waals surface area contributed by atoms with E-state index in [1.807, 2.05) is 0 Å². The fourth-order valence-corrected chi connectivity index (χ4v) is 1.16. The monoisotopic (exact) mass is 257 g/mol. The summed E-state index contributed by atoms with van der Waals surface area (Å²) in [5, 5.41) is 6.18. The minimum Gasteiger partial charge on any atom is -0.369 e. The zero-order valence-corrected chi connectivity index (χ0v) is 10.8. The maximum Gasteiger partial charge on any atom is 0.224 e. The Morgan fingerprint density at radius 2 is 2.24 bits per heavy atom. The van der Waals surface area contributed by atoms with E-state index in [1.165, 1.54) is 6.20 Å². The van der Waals surface area contributed by atoms with Crippen molar-refractivity contribution in [1.29, 1.82) is 0 Å². The second-order valence-corrected chi connectivity index (χ2v) is 4.65. The van der Waals surface area contributed by atoms with Crippen LogP contribution in [0.2, 0.25) is 5.02 Å². The quantitative estimate of drug-likeness (QED) is 0.734. The van der Waals surface area contributed by atoms with E-state index in [0.717, 1.165) is 0 Å². The van der Waals surface area contributed by atoms with Gasteiger partial charge in [-0.25, -0.2) is 4.98 Å². The fraction of sp³-hybridized carbons (Fsp3) is 0.500. The van der Waals surface area contributed by atoms with Crippen molar-refractivity contribution in [2.45, 2.75) is 13.8 Å². The van der Waals surface area contributed by atoms with Crippen LogP contribution in [-0.4, -0.2) is 29.5 Å². The van der Waals surface area contributed by atoms with Crippen molar-refractivity contribution in [2.75, 3.05) is 24.2 Å². The molecule has 1 heterocycles. The van der Waals surface area contributed by atoms with Gasteiger partial charge in [-0.3, -0.25) is 4.79 Å². The van der Waals surface area contributed by atoms with Gasteiger partial charge in [-0.05, 0) is 13.8 Å². The average molecular weight is 258 g/mol. The number of hydrogen-bond donors (Lipinski definition) is 3. The van der Waals surface area contributed by atoms with E-state index in [9.17, 15) is 4.79 Å². The summed E-state index contributed by atoms with van der Waals surface area (Å²) < 4.78 is 0. The van der Waals surface area contributed by atoms with Crippen LogP contribution in [0.15, 0.2) is 6.20 Å². The molecule has 0 radical (unpaired) electrons. The van der Waals surface area contributed by atoms with Crippen molar-refractivity contribution in [3.63, 3.8) is 0 Å². The number of aromatic nitrogens is 2. The Bertz CT molecular complexity index is 421. The number of nitrogens with one attached hydrogen (secondary N) is 2. The molecule has 17 heavy (non-hydrogen) atoms. The smallest absolute Gasteiger partial charge is 0.224 e. The summed E-state index contributed by atoms with van der Waals surface area (Å²) in [5.74, 6) is 0.540. The summed E-state index contributed by atoms with van der Waals surface area (Å²) in [7, 11) is 1.71. The number of nitrogens with two attached hydrogens (primary N) is 1. The third-order valence-electron chi connectivity index (χ3n) is 2.33. The van der Waals surface area contributed by atoms with Crippen molar-refractivity contribution in [3.05, 3.63) is 11.2 Å². The van der Waals surface area contributed by atoms with Gasteiger partial charge in [0.15, 0.2) is 5.82 Å². The SMILES string of the molecule is CNc1ncc(Cl)c(NCC(C)(C)C(N)=O)n1. The Hall–Kier alpha value is -1.56. The third kappa shape index (κ3) is 3.45. The molecule has 1 aromatic heterocycles. The highest BCUT2D eigenvalue weighted by Gasteiger charge is 2.25. The number of rotatable bonds is 5. The third-order valence-corrected chi connectivity index (χ3v) is 2.61. The summed E-state index contributed by atoms with van der Waals surface area (Å²) >= 11 is 5.93. The lowest BCUT2D eigenvalue weighted by molar-refractivity contribution is -0.125. The van der Waals surface area contributed by atoms with E-state index in [4.69, 9.17) is 17.3 Å². The Morgan fingerprint density at radius 1 is 1.59 bits per heavy atom. The molecule has 0 aliphatic heterocycles. The lowest BCUT2D eigenvalue weighted by Gasteiger charge is -2.21. The molecule has 1 aromatic rings. The van der Waals surface area contributed by atoms with Gasteiger partial charge >= 0.3 is 0 Å². The number of hydrogen-bond acceptors (Lipinski definition) is 5. The van der Waals surface area contributed by atoms with Gasteiger partial charge in [0, 0.05) is 13.6 Å². The molecular formula is C10H16ClN5O. The van der Waals surface area contributed by atoms with Gasteiger partial charge in [-0.15, -0.1) is 0 Å². The van der Waals surface area contributed by atoms with Gasteiger partial charge in [0.2, 0.25) is 11.9 Å². The van der Waals surface area contributed by atoms with Gasteiger partial charge in [0.25, 0.3) is 0 Å². The predicted molar refractivity (Wildman–Crippen MR) is 68.1 cm³/mol. The summed E-state index contributed by atoms with van der Waals surface area (Å²) in [6, 6.07) is 0. The van der Waals surface area contributed by atoms with Crippen LogP contribution in [0, 0.1) is 5.41 Å². The first kappa shape index (κ1) is 13.5. The maximum absolute atomic E-state index is 11.2. The molecule has 94 valence electrons. The number of amides is 1. The minimum atomic E-state index is -0.673. The number of halogens is 1. The number of carbonyl (C=O) groups is 1. The van der Waals surface area contributed by atoms with Crippen LogP contribution in [0.5, 0.6) is 0 Å². The van der Waals surface area contributed by atoms with Gasteiger partial charge in [0.1, 0.15) is 5.02 Å². The molecular weight excluding hydrogens is 242 g/mol. The maximum atomic E-state index is 11.2. The molecule has 1 rings (SSSR count). The van der Waals surface area contributed by atoms with Crippen LogP contribution in [0.1, 0.15) is 13.8 Å². The highest BCUT2D eigenvalue weighted by atomic mass is 35.5. The molecule has 0 aliphatic carbocycles. The standard InChI is InChI=1S/C10H16ClN5O/c1-10(2,8(12)17)5-15-7-6(11)4-14-9(13-3)16-7/h4H,5H2,1-3H3,(H2,12,17)(H2,13,14,15,16). The van der Waals surface area contributed by atoms with Crippen LogP contribution in [-0.2, 0) is 4.79 Å². The second kappa shape index (κ2) is 5.18. The van der Waals surface area contributed by atoms with E-state index < -0.39 is 5.41 Å². The number of carbonyl (C=O) groups excluding carboxylic acids is 1. The Kier molecular flexibility index (Phi) is 4.11. The first-order chi connectivity index (χ1) is 7.86. The van der Waals surface area contributed by atoms with Crippen molar-refractivity contribution >= 4 is 29.3 Å². The summed E-state index contributed by atoms with van der Waals surface area (Å²) in [4.78, 5) is 19.2. The van der Waals surface area contributed by atoms with Crippen molar-refractivity contribution in [1.82, 2.24) is 9.97 Å². The molecule has 0 aliphatic rings. The normalized spacial score (nSPS) is 11.1. The zero-order chi connectivity index (χ0) is 13.1. The molecule has 0 bridgehead atoms. The van der Waals surface area contributed by atoms with E-state index in [0.29, 0.717) is 23.3 Å². The van der Waals surface area contributed by atoms with Gasteiger partial charge < -0.3 is 16.4 Å². The Morgan fingerprint density at radius 3 is 2.76 bits per heavy atom. The van der Waals surface area contributed by atoms with Crippen molar-refractivity contribution in [3.8, 4) is 0 Å². The molecule has 0 saturated carbocycles. The second-order valence-electron chi connectivity index (χ2n) is 4.24. The minimum absolute atomic E-state index is 0.349. The zero-order valence-electron chi connectivity index (χ0n) is 10.0. The fourth-order valence-electron chi connectivity index (χ4n) is 1.00. The molecule has 6 nitrogen and oxygen atoms in total. The molecule has 4 N–H and O–H groups in total. The molecule has 0 saturated heterocycles. The van der Waals surface area contributed by atoms with Crippen LogP contribution >= 0.6 is 11.6 Å². The predicted octanol–water partition coefficient (Wildman–Crippen LogP) is 1.10. The molecule has 7 heteroatoms. The lowest BCUT2D eigenvalue weighted by atomic mass is 9.93. The first-order valence-electron chi connectivity index (χ1n) is 5.11. The van der Waals surface area contributed by atoms with Crippen molar-refractivity contribution < 1.29 is 4.79 Å². The van der Waals surface area contributed by atoms with E-state index in [1.54, 1.807) is 20.9 Å². The average Bonchev–Trinajstić information content (AvgIpc) is 2.28. The number of nitrogens with zero attached hydrogens (tertiary/aromatic N) is 2. The molecule has 0 unspecified atom stereocenters. The van der Waals surface area contributed by atoms with Gasteiger partial charge in [-0.2, -0.15) is 4.98 Å². The van der Waals surface area contributed by atoms with Crippen LogP contribution in [0.25, 0.3) is 0 Å². The Labute approximate surface area is 105 Å². The lowest BCUT2D eigenvalue weighted by Crippen LogP contribution is -2.37. The largest absolute Gasteiger partial charge is 0.369 e. The number of primary amides is 1. The highest BCUT2D eigenvalue weighted by Crippen LogP contribution is 2.21. The molecule has 0 fully saturated rings. The van der Waals surface area contributed by atoms with Crippen molar-refractivity contribution in [2.24, 2.45) is 11.1 Å². The summed E-state index contributed by atoms with van der Waals surface area (Å²) in [6.07, 6.45) is 1.49. The Balaban J connectivity index is 2.78. The van der Waals surface area contributed by atoms with Gasteiger partial charge in [-0.1, -0.05) is 11.6 Å². The molecule has 1 amide bonds. The molecule has 0 atom stereocenters. The van der Waals surface area contributed by atoms with Crippen LogP contribution < -0.4 is 16.4 Å².